The maximum absolute atomic E-state index is 12.8. The van der Waals surface area contributed by atoms with Crippen molar-refractivity contribution in [3.63, 3.8) is 0 Å². The normalized spacial score (nSPS) is 14.2. The number of amides is 1. The van der Waals surface area contributed by atoms with E-state index in [1.165, 1.54) is 0 Å². The number of carbonyl (C=O) groups excluding carboxylic acids is 1. The summed E-state index contributed by atoms with van der Waals surface area (Å²) in [5.41, 5.74) is 1.44. The molecule has 1 saturated heterocycles. The number of benzene rings is 1. The Kier molecular flexibility index (Phi) is 5.18. The zero-order valence-corrected chi connectivity index (χ0v) is 15.7. The lowest BCUT2D eigenvalue weighted by molar-refractivity contribution is 0.0740. The molecule has 1 fully saturated rings. The molecule has 0 unspecified atom stereocenters. The smallest absolute Gasteiger partial charge is 0.276 e. The van der Waals surface area contributed by atoms with Crippen molar-refractivity contribution in [2.45, 2.75) is 6.54 Å². The van der Waals surface area contributed by atoms with Gasteiger partial charge in [0.2, 0.25) is 0 Å². The Bertz CT molecular complexity index is 917. The molecular formula is C20H22N6O2. The summed E-state index contributed by atoms with van der Waals surface area (Å²) in [5.74, 6) is 1.67. The van der Waals surface area contributed by atoms with Crippen molar-refractivity contribution in [3.05, 3.63) is 66.1 Å². The summed E-state index contributed by atoms with van der Waals surface area (Å²) in [6.45, 7) is 3.34. The van der Waals surface area contributed by atoms with Gasteiger partial charge in [-0.05, 0) is 29.8 Å². The minimum Gasteiger partial charge on any atom is -0.497 e. The van der Waals surface area contributed by atoms with E-state index >= 15 is 0 Å². The Morgan fingerprint density at radius 3 is 2.54 bits per heavy atom. The Morgan fingerprint density at radius 2 is 1.86 bits per heavy atom. The number of carbonyl (C=O) groups is 1. The molecule has 0 N–H and O–H groups in total. The summed E-state index contributed by atoms with van der Waals surface area (Å²) in [6.07, 6.45) is 3.49. The van der Waals surface area contributed by atoms with Crippen LogP contribution in [0.2, 0.25) is 0 Å². The van der Waals surface area contributed by atoms with Gasteiger partial charge in [-0.2, -0.15) is 0 Å². The van der Waals surface area contributed by atoms with Crippen LogP contribution in [0.25, 0.3) is 0 Å². The van der Waals surface area contributed by atoms with Crippen molar-refractivity contribution in [2.24, 2.45) is 0 Å². The van der Waals surface area contributed by atoms with E-state index in [1.54, 1.807) is 24.2 Å². The van der Waals surface area contributed by atoms with Gasteiger partial charge in [0.15, 0.2) is 5.69 Å². The van der Waals surface area contributed by atoms with Gasteiger partial charge in [-0.1, -0.05) is 23.4 Å². The van der Waals surface area contributed by atoms with Gasteiger partial charge in [0, 0.05) is 32.4 Å². The molecule has 8 nitrogen and oxygen atoms in total. The molecule has 8 heteroatoms. The van der Waals surface area contributed by atoms with E-state index in [9.17, 15) is 4.79 Å². The molecule has 1 aromatic carbocycles. The fourth-order valence-electron chi connectivity index (χ4n) is 3.23. The summed E-state index contributed by atoms with van der Waals surface area (Å²) in [6, 6.07) is 13.6. The van der Waals surface area contributed by atoms with Gasteiger partial charge in [-0.15, -0.1) is 5.10 Å². The summed E-state index contributed by atoms with van der Waals surface area (Å²) >= 11 is 0. The fraction of sp³-hybridized carbons (Fsp3) is 0.300. The number of hydrogen-bond acceptors (Lipinski definition) is 6. The lowest BCUT2D eigenvalue weighted by Crippen LogP contribution is -2.49. The Labute approximate surface area is 163 Å². The first-order valence-electron chi connectivity index (χ1n) is 9.21. The third-order valence-corrected chi connectivity index (χ3v) is 4.80. The highest BCUT2D eigenvalue weighted by atomic mass is 16.5. The summed E-state index contributed by atoms with van der Waals surface area (Å²) < 4.78 is 6.85. The van der Waals surface area contributed by atoms with Crippen LogP contribution in [-0.2, 0) is 6.54 Å². The third-order valence-electron chi connectivity index (χ3n) is 4.80. The van der Waals surface area contributed by atoms with Crippen LogP contribution in [0.5, 0.6) is 5.75 Å². The molecule has 0 spiro atoms. The SMILES string of the molecule is COc1ccc(Cn2cc(C(=O)N3CCN(c4ccccn4)CC3)nn2)cc1. The molecule has 0 aliphatic carbocycles. The topological polar surface area (TPSA) is 76.4 Å². The fourth-order valence-corrected chi connectivity index (χ4v) is 3.23. The quantitative estimate of drug-likeness (QED) is 0.673. The first-order chi connectivity index (χ1) is 13.7. The third kappa shape index (κ3) is 3.95. The van der Waals surface area contributed by atoms with Gasteiger partial charge in [-0.3, -0.25) is 4.79 Å². The molecular weight excluding hydrogens is 356 g/mol. The minimum atomic E-state index is -0.0818. The number of pyridine rings is 1. The standard InChI is InChI=1S/C20H22N6O2/c1-28-17-7-5-16(6-8-17)14-26-15-18(22-23-26)20(27)25-12-10-24(11-13-25)19-4-2-3-9-21-19/h2-9,15H,10-14H2,1H3. The second kappa shape index (κ2) is 8.08. The lowest BCUT2D eigenvalue weighted by atomic mass is 10.2. The monoisotopic (exact) mass is 378 g/mol. The van der Waals surface area contributed by atoms with E-state index in [2.05, 4.69) is 20.2 Å². The van der Waals surface area contributed by atoms with Gasteiger partial charge >= 0.3 is 0 Å². The zero-order chi connectivity index (χ0) is 19.3. The predicted octanol–water partition coefficient (Wildman–Crippen LogP) is 1.69. The number of nitrogens with zero attached hydrogens (tertiary/aromatic N) is 6. The highest BCUT2D eigenvalue weighted by molar-refractivity contribution is 5.92. The van der Waals surface area contributed by atoms with E-state index < -0.39 is 0 Å². The number of ether oxygens (including phenoxy) is 1. The van der Waals surface area contributed by atoms with E-state index in [0.29, 0.717) is 25.3 Å². The van der Waals surface area contributed by atoms with E-state index in [1.807, 2.05) is 47.4 Å². The molecule has 4 rings (SSSR count). The minimum absolute atomic E-state index is 0.0818. The van der Waals surface area contributed by atoms with Crippen LogP contribution >= 0.6 is 0 Å². The van der Waals surface area contributed by atoms with Crippen LogP contribution in [0.1, 0.15) is 16.1 Å². The molecule has 2 aromatic heterocycles. The van der Waals surface area contributed by atoms with Crippen LogP contribution in [0, 0.1) is 0 Å². The van der Waals surface area contributed by atoms with Crippen molar-refractivity contribution in [1.29, 1.82) is 0 Å². The van der Waals surface area contributed by atoms with E-state index in [0.717, 1.165) is 30.2 Å². The lowest BCUT2D eigenvalue weighted by Gasteiger charge is -2.35. The van der Waals surface area contributed by atoms with Crippen molar-refractivity contribution in [1.82, 2.24) is 24.9 Å². The molecule has 144 valence electrons. The van der Waals surface area contributed by atoms with Gasteiger partial charge in [-0.25, -0.2) is 9.67 Å². The van der Waals surface area contributed by atoms with E-state index in [4.69, 9.17) is 4.74 Å². The van der Waals surface area contributed by atoms with E-state index in [-0.39, 0.29) is 5.91 Å². The van der Waals surface area contributed by atoms with Crippen LogP contribution in [-0.4, -0.2) is 64.1 Å². The average Bonchev–Trinajstić information content (AvgIpc) is 3.23. The molecule has 0 radical (unpaired) electrons. The summed E-state index contributed by atoms with van der Waals surface area (Å²) in [7, 11) is 1.64. The molecule has 0 bridgehead atoms. The molecule has 3 aromatic rings. The maximum atomic E-state index is 12.8. The summed E-state index contributed by atoms with van der Waals surface area (Å²) in [4.78, 5) is 21.1. The molecule has 3 heterocycles. The number of piperazine rings is 1. The second-order valence-electron chi connectivity index (χ2n) is 6.62. The average molecular weight is 378 g/mol. The predicted molar refractivity (Wildman–Crippen MR) is 104 cm³/mol. The Morgan fingerprint density at radius 1 is 1.07 bits per heavy atom. The van der Waals surface area contributed by atoms with Gasteiger partial charge < -0.3 is 14.5 Å². The molecule has 1 aliphatic rings. The number of methoxy groups -OCH3 is 1. The summed E-state index contributed by atoms with van der Waals surface area (Å²) in [5, 5.41) is 8.17. The van der Waals surface area contributed by atoms with Gasteiger partial charge in [0.05, 0.1) is 19.9 Å². The first-order valence-corrected chi connectivity index (χ1v) is 9.21. The molecule has 1 amide bonds. The largest absolute Gasteiger partial charge is 0.497 e. The number of hydrogen-bond donors (Lipinski definition) is 0. The van der Waals surface area contributed by atoms with Crippen LogP contribution in [0.15, 0.2) is 54.9 Å². The zero-order valence-electron chi connectivity index (χ0n) is 15.7. The number of rotatable bonds is 5. The Balaban J connectivity index is 1.35. The van der Waals surface area contributed by atoms with Crippen molar-refractivity contribution < 1.29 is 9.53 Å². The Hall–Kier alpha value is -3.42. The van der Waals surface area contributed by atoms with Crippen molar-refractivity contribution in [2.75, 3.05) is 38.2 Å². The van der Waals surface area contributed by atoms with Gasteiger partial charge in [0.25, 0.3) is 5.91 Å². The molecule has 1 aliphatic heterocycles. The van der Waals surface area contributed by atoms with Crippen molar-refractivity contribution >= 4 is 11.7 Å². The van der Waals surface area contributed by atoms with Gasteiger partial charge in [0.1, 0.15) is 11.6 Å². The second-order valence-corrected chi connectivity index (χ2v) is 6.62. The highest BCUT2D eigenvalue weighted by Gasteiger charge is 2.24. The maximum Gasteiger partial charge on any atom is 0.276 e. The molecule has 28 heavy (non-hydrogen) atoms. The highest BCUT2D eigenvalue weighted by Crippen LogP contribution is 2.15. The number of aromatic nitrogens is 4. The number of anilines is 1. The first kappa shape index (κ1) is 18.0. The molecule has 0 atom stereocenters. The molecule has 0 saturated carbocycles. The van der Waals surface area contributed by atoms with Crippen LogP contribution < -0.4 is 9.64 Å². The van der Waals surface area contributed by atoms with Crippen LogP contribution in [0.4, 0.5) is 5.82 Å². The van der Waals surface area contributed by atoms with Crippen molar-refractivity contribution in [3.8, 4) is 5.75 Å². The van der Waals surface area contributed by atoms with Crippen LogP contribution in [0.3, 0.4) is 0 Å².